The van der Waals surface area contributed by atoms with E-state index in [-0.39, 0.29) is 5.75 Å². The Morgan fingerprint density at radius 2 is 1.58 bits per heavy atom. The molecule has 0 amide bonds. The van der Waals surface area contributed by atoms with E-state index in [9.17, 15) is 5.11 Å². The van der Waals surface area contributed by atoms with E-state index in [2.05, 4.69) is 36.4 Å². The van der Waals surface area contributed by atoms with Crippen molar-refractivity contribution >= 4 is 11.1 Å². The fourth-order valence-electron chi connectivity index (χ4n) is 3.37. The van der Waals surface area contributed by atoms with Crippen molar-refractivity contribution in [1.29, 1.82) is 0 Å². The summed E-state index contributed by atoms with van der Waals surface area (Å²) in [6.07, 6.45) is 0.882. The van der Waals surface area contributed by atoms with Crippen LogP contribution in [0, 0.1) is 0 Å². The van der Waals surface area contributed by atoms with Crippen LogP contribution in [0.3, 0.4) is 0 Å². The van der Waals surface area contributed by atoms with E-state index in [1.54, 1.807) is 19.2 Å². The third-order valence-corrected chi connectivity index (χ3v) is 4.53. The number of benzene rings is 3. The molecule has 118 valence electrons. The van der Waals surface area contributed by atoms with E-state index in [0.717, 1.165) is 17.7 Å². The SMILES string of the molecule is COc1ccc2c(c1)CC(c1ccccc1)=C2c1ccc(O)cc1. The normalized spacial score (nSPS) is 13.0. The van der Waals surface area contributed by atoms with Crippen molar-refractivity contribution in [2.75, 3.05) is 7.11 Å². The summed E-state index contributed by atoms with van der Waals surface area (Å²) in [7, 11) is 1.70. The number of phenols is 1. The highest BCUT2D eigenvalue weighted by Gasteiger charge is 2.24. The van der Waals surface area contributed by atoms with Gasteiger partial charge in [-0.25, -0.2) is 0 Å². The van der Waals surface area contributed by atoms with Crippen LogP contribution in [0.15, 0.2) is 72.8 Å². The van der Waals surface area contributed by atoms with Crippen LogP contribution in [0.5, 0.6) is 11.5 Å². The molecular formula is C22H18O2. The predicted octanol–water partition coefficient (Wildman–Crippen LogP) is 4.92. The second-order valence-electron chi connectivity index (χ2n) is 5.97. The number of ether oxygens (including phenoxy) is 1. The van der Waals surface area contributed by atoms with Gasteiger partial charge in [-0.1, -0.05) is 48.5 Å². The molecule has 0 atom stereocenters. The number of hydrogen-bond donors (Lipinski definition) is 1. The van der Waals surface area contributed by atoms with Gasteiger partial charge in [-0.2, -0.15) is 0 Å². The van der Waals surface area contributed by atoms with Gasteiger partial charge in [0.2, 0.25) is 0 Å². The number of phenolic OH excluding ortho intramolecular Hbond substituents is 1. The number of methoxy groups -OCH3 is 1. The lowest BCUT2D eigenvalue weighted by atomic mass is 9.94. The van der Waals surface area contributed by atoms with Gasteiger partial charge < -0.3 is 9.84 Å². The molecule has 0 fully saturated rings. The summed E-state index contributed by atoms with van der Waals surface area (Å²) < 4.78 is 5.39. The number of rotatable bonds is 3. The summed E-state index contributed by atoms with van der Waals surface area (Å²) in [4.78, 5) is 0. The quantitative estimate of drug-likeness (QED) is 0.744. The Kier molecular flexibility index (Phi) is 3.58. The molecule has 2 heteroatoms. The maximum Gasteiger partial charge on any atom is 0.119 e. The summed E-state index contributed by atoms with van der Waals surface area (Å²) in [6.45, 7) is 0. The molecule has 24 heavy (non-hydrogen) atoms. The van der Waals surface area contributed by atoms with Crippen molar-refractivity contribution in [2.24, 2.45) is 0 Å². The molecule has 0 saturated carbocycles. The predicted molar refractivity (Wildman–Crippen MR) is 97.2 cm³/mol. The number of allylic oxidation sites excluding steroid dienone is 1. The summed E-state index contributed by atoms with van der Waals surface area (Å²) in [5, 5.41) is 9.61. The van der Waals surface area contributed by atoms with E-state index < -0.39 is 0 Å². The molecule has 1 N–H and O–H groups in total. The van der Waals surface area contributed by atoms with E-state index in [1.807, 2.05) is 24.3 Å². The Morgan fingerprint density at radius 1 is 0.833 bits per heavy atom. The largest absolute Gasteiger partial charge is 0.508 e. The first kappa shape index (κ1) is 14.6. The smallest absolute Gasteiger partial charge is 0.119 e. The second-order valence-corrected chi connectivity index (χ2v) is 5.97. The molecule has 2 nitrogen and oxygen atoms in total. The summed E-state index contributed by atoms with van der Waals surface area (Å²) in [5.74, 6) is 1.17. The molecule has 0 heterocycles. The molecule has 1 aliphatic rings. The monoisotopic (exact) mass is 314 g/mol. The average Bonchev–Trinajstić information content (AvgIpc) is 3.01. The zero-order valence-corrected chi connectivity index (χ0v) is 13.5. The number of hydrogen-bond acceptors (Lipinski definition) is 2. The van der Waals surface area contributed by atoms with Crippen LogP contribution < -0.4 is 4.74 Å². The van der Waals surface area contributed by atoms with Gasteiger partial charge in [-0.3, -0.25) is 0 Å². The Labute approximate surface area is 141 Å². The van der Waals surface area contributed by atoms with Crippen molar-refractivity contribution < 1.29 is 9.84 Å². The van der Waals surface area contributed by atoms with E-state index >= 15 is 0 Å². The molecular weight excluding hydrogens is 296 g/mol. The Bertz CT molecular complexity index is 906. The third-order valence-electron chi connectivity index (χ3n) is 4.53. The Morgan fingerprint density at radius 3 is 2.29 bits per heavy atom. The molecule has 0 aliphatic heterocycles. The molecule has 0 aromatic heterocycles. The molecule has 0 radical (unpaired) electrons. The van der Waals surface area contributed by atoms with E-state index in [4.69, 9.17) is 4.74 Å². The van der Waals surface area contributed by atoms with Gasteiger partial charge in [-0.15, -0.1) is 0 Å². The standard InChI is InChI=1S/C22H18O2/c1-24-19-11-12-20-17(13-19)14-21(15-5-3-2-4-6-15)22(20)16-7-9-18(23)10-8-16/h2-13,23H,14H2,1H3. The van der Waals surface area contributed by atoms with Gasteiger partial charge >= 0.3 is 0 Å². The van der Waals surface area contributed by atoms with Crippen LogP contribution in [-0.2, 0) is 6.42 Å². The lowest BCUT2D eigenvalue weighted by Crippen LogP contribution is -1.89. The molecule has 1 aliphatic carbocycles. The molecule has 3 aromatic rings. The molecule has 0 unspecified atom stereocenters. The van der Waals surface area contributed by atoms with Crippen LogP contribution >= 0.6 is 0 Å². The minimum Gasteiger partial charge on any atom is -0.508 e. The topological polar surface area (TPSA) is 29.5 Å². The van der Waals surface area contributed by atoms with Crippen molar-refractivity contribution in [2.45, 2.75) is 6.42 Å². The molecule has 4 rings (SSSR count). The van der Waals surface area contributed by atoms with Gasteiger partial charge in [0.25, 0.3) is 0 Å². The minimum atomic E-state index is 0.286. The van der Waals surface area contributed by atoms with E-state index in [1.165, 1.54) is 27.8 Å². The van der Waals surface area contributed by atoms with Crippen LogP contribution in [0.25, 0.3) is 11.1 Å². The van der Waals surface area contributed by atoms with Gasteiger partial charge in [0.05, 0.1) is 7.11 Å². The minimum absolute atomic E-state index is 0.286. The van der Waals surface area contributed by atoms with Crippen LogP contribution in [0.2, 0.25) is 0 Å². The highest BCUT2D eigenvalue weighted by atomic mass is 16.5. The zero-order valence-electron chi connectivity index (χ0n) is 13.5. The van der Waals surface area contributed by atoms with Crippen molar-refractivity contribution in [1.82, 2.24) is 0 Å². The number of fused-ring (bicyclic) bond motifs is 1. The van der Waals surface area contributed by atoms with E-state index in [0.29, 0.717) is 0 Å². The van der Waals surface area contributed by atoms with Crippen molar-refractivity contribution in [3.05, 3.63) is 95.1 Å². The highest BCUT2D eigenvalue weighted by molar-refractivity contribution is 6.03. The summed E-state index contributed by atoms with van der Waals surface area (Å²) >= 11 is 0. The summed E-state index contributed by atoms with van der Waals surface area (Å²) in [5.41, 5.74) is 7.41. The number of aromatic hydroxyl groups is 1. The average molecular weight is 314 g/mol. The third kappa shape index (κ3) is 2.46. The van der Waals surface area contributed by atoms with Gasteiger partial charge in [0.1, 0.15) is 11.5 Å². The first-order valence-corrected chi connectivity index (χ1v) is 8.01. The highest BCUT2D eigenvalue weighted by Crippen LogP contribution is 2.43. The first-order chi connectivity index (χ1) is 11.8. The summed E-state index contributed by atoms with van der Waals surface area (Å²) in [6, 6.07) is 24.2. The lowest BCUT2D eigenvalue weighted by molar-refractivity contribution is 0.414. The maximum absolute atomic E-state index is 9.61. The molecule has 0 bridgehead atoms. The van der Waals surface area contributed by atoms with Gasteiger partial charge in [0.15, 0.2) is 0 Å². The van der Waals surface area contributed by atoms with Gasteiger partial charge in [-0.05, 0) is 64.1 Å². The second kappa shape index (κ2) is 5.89. The Balaban J connectivity index is 1.92. The molecule has 3 aromatic carbocycles. The molecule has 0 saturated heterocycles. The Hall–Kier alpha value is -3.00. The van der Waals surface area contributed by atoms with Crippen molar-refractivity contribution in [3.8, 4) is 11.5 Å². The van der Waals surface area contributed by atoms with Crippen LogP contribution in [0.1, 0.15) is 22.3 Å². The molecule has 0 spiro atoms. The fraction of sp³-hybridized carbons (Fsp3) is 0.0909. The van der Waals surface area contributed by atoms with Crippen molar-refractivity contribution in [3.63, 3.8) is 0 Å². The zero-order chi connectivity index (χ0) is 16.5. The maximum atomic E-state index is 9.61. The van der Waals surface area contributed by atoms with Gasteiger partial charge in [0, 0.05) is 0 Å². The van der Waals surface area contributed by atoms with Crippen LogP contribution in [0.4, 0.5) is 0 Å². The fourth-order valence-corrected chi connectivity index (χ4v) is 3.37. The first-order valence-electron chi connectivity index (χ1n) is 8.01. The lowest BCUT2D eigenvalue weighted by Gasteiger charge is -2.10. The van der Waals surface area contributed by atoms with Crippen LogP contribution in [-0.4, -0.2) is 12.2 Å².